The standard InChI is InChI=1S/C20H23ClFNO4/c1-12(2)19(20(24)25)23-10-13-4-7-17(18(8-13)26-3)27-11-14-5-6-15(22)9-16(14)21/h4-9,12,19,23H,10-11H2,1-3H3,(H,24,25). The van der Waals surface area contributed by atoms with Crippen molar-refractivity contribution < 1.29 is 23.8 Å². The van der Waals surface area contributed by atoms with E-state index in [9.17, 15) is 14.3 Å². The molecular weight excluding hydrogens is 373 g/mol. The number of carbonyl (C=O) groups is 1. The number of hydrogen-bond acceptors (Lipinski definition) is 4. The minimum absolute atomic E-state index is 0.0348. The minimum Gasteiger partial charge on any atom is -0.493 e. The van der Waals surface area contributed by atoms with Gasteiger partial charge in [-0.2, -0.15) is 0 Å². The predicted molar refractivity (Wildman–Crippen MR) is 102 cm³/mol. The summed E-state index contributed by atoms with van der Waals surface area (Å²) in [5.74, 6) is -0.288. The Hall–Kier alpha value is -2.31. The van der Waals surface area contributed by atoms with Gasteiger partial charge in [-0.25, -0.2) is 4.39 Å². The van der Waals surface area contributed by atoms with E-state index in [4.69, 9.17) is 21.1 Å². The Labute approximate surface area is 163 Å². The van der Waals surface area contributed by atoms with Gasteiger partial charge in [0.05, 0.1) is 12.1 Å². The third kappa shape index (κ3) is 5.84. The molecule has 0 spiro atoms. The third-order valence-corrected chi connectivity index (χ3v) is 4.44. The molecule has 1 atom stereocenters. The molecule has 0 amide bonds. The molecule has 0 fully saturated rings. The van der Waals surface area contributed by atoms with Crippen molar-refractivity contribution in [2.24, 2.45) is 5.92 Å². The number of carboxylic acid groups (broad SMARTS) is 1. The molecule has 27 heavy (non-hydrogen) atoms. The Bertz CT molecular complexity index is 798. The lowest BCUT2D eigenvalue weighted by molar-refractivity contribution is -0.140. The number of carboxylic acids is 1. The Morgan fingerprint density at radius 2 is 1.96 bits per heavy atom. The maximum atomic E-state index is 13.1. The predicted octanol–water partition coefficient (Wildman–Crippen LogP) is 4.27. The fourth-order valence-electron chi connectivity index (χ4n) is 2.57. The summed E-state index contributed by atoms with van der Waals surface area (Å²) in [5.41, 5.74) is 1.53. The maximum Gasteiger partial charge on any atom is 0.320 e. The first kappa shape index (κ1) is 21.0. The second kappa shape index (κ2) is 9.58. The van der Waals surface area contributed by atoms with Crippen LogP contribution in [0.5, 0.6) is 11.5 Å². The number of methoxy groups -OCH3 is 1. The molecule has 0 bridgehead atoms. The smallest absolute Gasteiger partial charge is 0.320 e. The van der Waals surface area contributed by atoms with Crippen molar-refractivity contribution in [1.29, 1.82) is 0 Å². The normalized spacial score (nSPS) is 12.1. The quantitative estimate of drug-likeness (QED) is 0.663. The molecule has 2 rings (SSSR count). The van der Waals surface area contributed by atoms with E-state index in [1.54, 1.807) is 18.2 Å². The largest absolute Gasteiger partial charge is 0.493 e. The average Bonchev–Trinajstić information content (AvgIpc) is 2.61. The van der Waals surface area contributed by atoms with Crippen LogP contribution in [0.3, 0.4) is 0 Å². The molecule has 0 aliphatic carbocycles. The van der Waals surface area contributed by atoms with E-state index in [0.29, 0.717) is 28.6 Å². The summed E-state index contributed by atoms with van der Waals surface area (Å²) in [7, 11) is 1.53. The van der Waals surface area contributed by atoms with Gasteiger partial charge in [-0.1, -0.05) is 37.6 Å². The van der Waals surface area contributed by atoms with E-state index in [-0.39, 0.29) is 12.5 Å². The number of halogens is 2. The summed E-state index contributed by atoms with van der Waals surface area (Å²) in [6, 6.07) is 8.86. The highest BCUT2D eigenvalue weighted by molar-refractivity contribution is 6.31. The van der Waals surface area contributed by atoms with Gasteiger partial charge in [0.15, 0.2) is 11.5 Å². The zero-order valence-electron chi connectivity index (χ0n) is 15.5. The van der Waals surface area contributed by atoms with Crippen LogP contribution in [0.4, 0.5) is 4.39 Å². The molecule has 0 aromatic heterocycles. The molecule has 5 nitrogen and oxygen atoms in total. The van der Waals surface area contributed by atoms with E-state index in [0.717, 1.165) is 5.56 Å². The lowest BCUT2D eigenvalue weighted by Gasteiger charge is -2.18. The Balaban J connectivity index is 2.05. The number of benzene rings is 2. The molecule has 2 aromatic carbocycles. The van der Waals surface area contributed by atoms with Gasteiger partial charge in [0.2, 0.25) is 0 Å². The van der Waals surface area contributed by atoms with Crippen molar-refractivity contribution >= 4 is 17.6 Å². The van der Waals surface area contributed by atoms with E-state index < -0.39 is 17.8 Å². The second-order valence-electron chi connectivity index (χ2n) is 6.45. The topological polar surface area (TPSA) is 67.8 Å². The lowest BCUT2D eigenvalue weighted by atomic mass is 10.0. The van der Waals surface area contributed by atoms with Crippen molar-refractivity contribution in [3.05, 3.63) is 58.4 Å². The fraction of sp³-hybridized carbons (Fsp3) is 0.350. The van der Waals surface area contributed by atoms with Crippen LogP contribution < -0.4 is 14.8 Å². The Kier molecular flexibility index (Phi) is 7.45. The number of nitrogens with one attached hydrogen (secondary N) is 1. The van der Waals surface area contributed by atoms with Crippen LogP contribution in [0, 0.1) is 11.7 Å². The molecule has 0 aliphatic heterocycles. The molecule has 2 aromatic rings. The summed E-state index contributed by atoms with van der Waals surface area (Å²) in [6.45, 7) is 4.25. The second-order valence-corrected chi connectivity index (χ2v) is 6.86. The molecule has 0 radical (unpaired) electrons. The molecule has 146 valence electrons. The summed E-state index contributed by atoms with van der Waals surface area (Å²) >= 11 is 6.01. The van der Waals surface area contributed by atoms with Gasteiger partial charge in [-0.15, -0.1) is 0 Å². The first-order chi connectivity index (χ1) is 12.8. The van der Waals surface area contributed by atoms with Crippen LogP contribution in [0.1, 0.15) is 25.0 Å². The Morgan fingerprint density at radius 3 is 2.56 bits per heavy atom. The van der Waals surface area contributed by atoms with Gasteiger partial charge in [0, 0.05) is 12.1 Å². The summed E-state index contributed by atoms with van der Waals surface area (Å²) in [4.78, 5) is 11.3. The van der Waals surface area contributed by atoms with Crippen LogP contribution in [0.25, 0.3) is 0 Å². The number of rotatable bonds is 9. The van der Waals surface area contributed by atoms with Gasteiger partial charge in [0.25, 0.3) is 0 Å². The number of hydrogen-bond donors (Lipinski definition) is 2. The van der Waals surface area contributed by atoms with Crippen LogP contribution in [0.15, 0.2) is 36.4 Å². The molecule has 0 saturated carbocycles. The van der Waals surface area contributed by atoms with Crippen LogP contribution in [-0.4, -0.2) is 24.2 Å². The summed E-state index contributed by atoms with van der Waals surface area (Å²) in [5, 5.41) is 12.6. The van der Waals surface area contributed by atoms with Crippen molar-refractivity contribution in [2.45, 2.75) is 33.0 Å². The summed E-state index contributed by atoms with van der Waals surface area (Å²) in [6.07, 6.45) is 0. The maximum absolute atomic E-state index is 13.1. The van der Waals surface area contributed by atoms with Crippen molar-refractivity contribution in [3.8, 4) is 11.5 Å². The average molecular weight is 396 g/mol. The van der Waals surface area contributed by atoms with Crippen LogP contribution in [-0.2, 0) is 17.9 Å². The molecule has 0 heterocycles. The fourth-order valence-corrected chi connectivity index (χ4v) is 2.79. The van der Waals surface area contributed by atoms with Crippen molar-refractivity contribution in [2.75, 3.05) is 7.11 Å². The number of aliphatic carboxylic acids is 1. The van der Waals surface area contributed by atoms with Gasteiger partial charge in [-0.3, -0.25) is 4.79 Å². The van der Waals surface area contributed by atoms with Gasteiger partial charge < -0.3 is 19.9 Å². The monoisotopic (exact) mass is 395 g/mol. The Morgan fingerprint density at radius 1 is 1.22 bits per heavy atom. The van der Waals surface area contributed by atoms with E-state index in [2.05, 4.69) is 5.32 Å². The molecule has 1 unspecified atom stereocenters. The molecule has 0 saturated heterocycles. The first-order valence-corrected chi connectivity index (χ1v) is 8.89. The minimum atomic E-state index is -0.881. The summed E-state index contributed by atoms with van der Waals surface area (Å²) < 4.78 is 24.2. The van der Waals surface area contributed by atoms with Crippen molar-refractivity contribution in [1.82, 2.24) is 5.32 Å². The van der Waals surface area contributed by atoms with E-state index in [1.807, 2.05) is 19.9 Å². The number of ether oxygens (including phenoxy) is 2. The zero-order chi connectivity index (χ0) is 20.0. The van der Waals surface area contributed by atoms with Gasteiger partial charge in [-0.05, 0) is 35.7 Å². The molecule has 7 heteroatoms. The first-order valence-electron chi connectivity index (χ1n) is 8.51. The molecule has 2 N–H and O–H groups in total. The van der Waals surface area contributed by atoms with E-state index in [1.165, 1.54) is 19.2 Å². The van der Waals surface area contributed by atoms with Crippen LogP contribution in [0.2, 0.25) is 5.02 Å². The molecule has 0 aliphatic rings. The molecular formula is C20H23ClFNO4. The van der Waals surface area contributed by atoms with E-state index >= 15 is 0 Å². The van der Waals surface area contributed by atoms with Gasteiger partial charge in [0.1, 0.15) is 18.5 Å². The third-order valence-electron chi connectivity index (χ3n) is 4.09. The SMILES string of the molecule is COc1cc(CNC(C(=O)O)C(C)C)ccc1OCc1ccc(F)cc1Cl. The zero-order valence-corrected chi connectivity index (χ0v) is 16.2. The van der Waals surface area contributed by atoms with Crippen LogP contribution >= 0.6 is 11.6 Å². The van der Waals surface area contributed by atoms with Crippen molar-refractivity contribution in [3.63, 3.8) is 0 Å². The van der Waals surface area contributed by atoms with Gasteiger partial charge >= 0.3 is 5.97 Å². The highest BCUT2D eigenvalue weighted by atomic mass is 35.5. The lowest BCUT2D eigenvalue weighted by Crippen LogP contribution is -2.40. The highest BCUT2D eigenvalue weighted by Gasteiger charge is 2.20. The highest BCUT2D eigenvalue weighted by Crippen LogP contribution is 2.30.